The summed E-state index contributed by atoms with van der Waals surface area (Å²) in [6.45, 7) is 5.47. The van der Waals surface area contributed by atoms with Crippen molar-refractivity contribution in [2.75, 3.05) is 10.6 Å². The Morgan fingerprint density at radius 1 is 0.963 bits per heavy atom. The smallest absolute Gasteiger partial charge is 0.274 e. The van der Waals surface area contributed by atoms with Gasteiger partial charge in [0.2, 0.25) is 5.95 Å². The number of nitrogens with zero attached hydrogens (tertiary/aromatic N) is 2. The maximum Gasteiger partial charge on any atom is 0.274 e. The predicted molar refractivity (Wildman–Crippen MR) is 100 cm³/mol. The molecule has 2 aromatic carbocycles. The van der Waals surface area contributed by atoms with Crippen LogP contribution >= 0.6 is 0 Å². The third kappa shape index (κ3) is 4.25. The molecule has 0 unspecified atom stereocenters. The molecule has 3 aromatic rings. The van der Waals surface area contributed by atoms with E-state index in [9.17, 15) is 13.6 Å². The van der Waals surface area contributed by atoms with Crippen LogP contribution in [0.3, 0.4) is 0 Å². The minimum Gasteiger partial charge on any atom is -0.320 e. The van der Waals surface area contributed by atoms with Crippen molar-refractivity contribution in [3.63, 3.8) is 0 Å². The molecule has 0 aliphatic carbocycles. The van der Waals surface area contributed by atoms with Gasteiger partial charge in [0.25, 0.3) is 5.91 Å². The van der Waals surface area contributed by atoms with Gasteiger partial charge in [0.05, 0.1) is 0 Å². The van der Waals surface area contributed by atoms with Gasteiger partial charge in [-0.3, -0.25) is 4.79 Å². The van der Waals surface area contributed by atoms with E-state index in [4.69, 9.17) is 0 Å². The molecule has 27 heavy (non-hydrogen) atoms. The second-order valence-electron chi connectivity index (χ2n) is 6.21. The lowest BCUT2D eigenvalue weighted by atomic mass is 10.1. The number of para-hydroxylation sites is 1. The molecule has 0 saturated heterocycles. The number of halogens is 2. The van der Waals surface area contributed by atoms with Crippen molar-refractivity contribution in [1.29, 1.82) is 0 Å². The molecular formula is C20H18F2N4O. The molecule has 0 radical (unpaired) electrons. The van der Waals surface area contributed by atoms with Crippen LogP contribution in [0, 0.1) is 32.4 Å². The number of benzene rings is 2. The molecule has 2 N–H and O–H groups in total. The van der Waals surface area contributed by atoms with Crippen LogP contribution < -0.4 is 10.6 Å². The summed E-state index contributed by atoms with van der Waals surface area (Å²) in [5.74, 6) is -2.06. The van der Waals surface area contributed by atoms with E-state index in [1.807, 2.05) is 32.0 Å². The van der Waals surface area contributed by atoms with Crippen molar-refractivity contribution in [3.8, 4) is 0 Å². The van der Waals surface area contributed by atoms with Gasteiger partial charge in [-0.05, 0) is 56.2 Å². The number of hydrogen-bond donors (Lipinski definition) is 2. The van der Waals surface area contributed by atoms with Crippen LogP contribution in [0.25, 0.3) is 0 Å². The van der Waals surface area contributed by atoms with Gasteiger partial charge in [-0.25, -0.2) is 18.7 Å². The Balaban J connectivity index is 1.89. The van der Waals surface area contributed by atoms with Crippen LogP contribution in [0.15, 0.2) is 42.5 Å². The Bertz CT molecular complexity index is 1000. The van der Waals surface area contributed by atoms with Gasteiger partial charge in [0.1, 0.15) is 23.0 Å². The van der Waals surface area contributed by atoms with Crippen LogP contribution in [-0.2, 0) is 0 Å². The van der Waals surface area contributed by atoms with Crippen LogP contribution in [-0.4, -0.2) is 15.9 Å². The average molecular weight is 368 g/mol. The number of hydrogen-bond acceptors (Lipinski definition) is 4. The van der Waals surface area contributed by atoms with Crippen LogP contribution in [0.1, 0.15) is 27.3 Å². The van der Waals surface area contributed by atoms with Gasteiger partial charge < -0.3 is 10.6 Å². The molecule has 0 spiro atoms. The summed E-state index contributed by atoms with van der Waals surface area (Å²) in [4.78, 5) is 20.8. The highest BCUT2D eigenvalue weighted by atomic mass is 19.1. The fraction of sp³-hybridized carbons (Fsp3) is 0.150. The van der Waals surface area contributed by atoms with Gasteiger partial charge in [-0.2, -0.15) is 0 Å². The Hall–Kier alpha value is -3.35. The van der Waals surface area contributed by atoms with Gasteiger partial charge in [0.15, 0.2) is 0 Å². The monoisotopic (exact) mass is 368 g/mol. The van der Waals surface area contributed by atoms with E-state index in [1.54, 1.807) is 6.92 Å². The van der Waals surface area contributed by atoms with E-state index in [0.717, 1.165) is 23.3 Å². The number of nitrogens with one attached hydrogen (secondary N) is 2. The number of aromatic nitrogens is 2. The quantitative estimate of drug-likeness (QED) is 0.702. The SMILES string of the molecule is Cc1ccc(C)c(NC(=O)c2cc(C)nc(Nc3c(F)cccc3F)n2)c1. The first-order valence-electron chi connectivity index (χ1n) is 8.29. The highest BCUT2D eigenvalue weighted by Gasteiger charge is 2.15. The van der Waals surface area contributed by atoms with E-state index in [0.29, 0.717) is 11.4 Å². The molecule has 1 heterocycles. The van der Waals surface area contributed by atoms with E-state index >= 15 is 0 Å². The van der Waals surface area contributed by atoms with E-state index < -0.39 is 17.5 Å². The molecule has 0 atom stereocenters. The Kier molecular flexibility index (Phi) is 5.12. The molecule has 1 aromatic heterocycles. The molecule has 0 fully saturated rings. The second-order valence-corrected chi connectivity index (χ2v) is 6.21. The van der Waals surface area contributed by atoms with Crippen molar-refractivity contribution < 1.29 is 13.6 Å². The number of rotatable bonds is 4. The topological polar surface area (TPSA) is 66.9 Å². The summed E-state index contributed by atoms with van der Waals surface area (Å²) in [5.41, 5.74) is 2.78. The first kappa shape index (κ1) is 18.4. The fourth-order valence-corrected chi connectivity index (χ4v) is 2.53. The summed E-state index contributed by atoms with van der Waals surface area (Å²) < 4.78 is 27.7. The molecule has 1 amide bonds. The van der Waals surface area contributed by atoms with Crippen LogP contribution in [0.5, 0.6) is 0 Å². The first-order chi connectivity index (χ1) is 12.8. The molecule has 3 rings (SSSR count). The zero-order valence-electron chi connectivity index (χ0n) is 15.1. The highest BCUT2D eigenvalue weighted by molar-refractivity contribution is 6.03. The highest BCUT2D eigenvalue weighted by Crippen LogP contribution is 2.22. The summed E-state index contributed by atoms with van der Waals surface area (Å²) in [7, 11) is 0. The summed E-state index contributed by atoms with van der Waals surface area (Å²) in [6, 6.07) is 10.7. The number of amides is 1. The molecule has 0 bridgehead atoms. The van der Waals surface area contributed by atoms with Crippen molar-refractivity contribution in [3.05, 3.63) is 76.6 Å². The summed E-state index contributed by atoms with van der Waals surface area (Å²) in [6.07, 6.45) is 0. The predicted octanol–water partition coefficient (Wildman–Crippen LogP) is 4.68. The van der Waals surface area contributed by atoms with Crippen molar-refractivity contribution >= 4 is 23.2 Å². The van der Waals surface area contributed by atoms with Crippen molar-refractivity contribution in [2.45, 2.75) is 20.8 Å². The van der Waals surface area contributed by atoms with Crippen LogP contribution in [0.4, 0.5) is 26.1 Å². The normalized spacial score (nSPS) is 10.6. The lowest BCUT2D eigenvalue weighted by Gasteiger charge is -2.11. The largest absolute Gasteiger partial charge is 0.320 e. The maximum atomic E-state index is 13.8. The van der Waals surface area contributed by atoms with Gasteiger partial charge in [-0.1, -0.05) is 18.2 Å². The summed E-state index contributed by atoms with van der Waals surface area (Å²) in [5, 5.41) is 5.31. The van der Waals surface area contributed by atoms with E-state index in [1.165, 1.54) is 12.1 Å². The standard InChI is InChI=1S/C20H18F2N4O/c1-11-7-8-12(2)16(9-11)24-19(27)17-10-13(3)23-20(25-17)26-18-14(21)5-4-6-15(18)22/h4-10H,1-3H3,(H,24,27)(H,23,25,26). The van der Waals surface area contributed by atoms with Gasteiger partial charge in [-0.15, -0.1) is 0 Å². The number of carbonyl (C=O) groups is 1. The van der Waals surface area contributed by atoms with Gasteiger partial charge in [0, 0.05) is 11.4 Å². The maximum absolute atomic E-state index is 13.8. The average Bonchev–Trinajstić information content (AvgIpc) is 2.61. The molecule has 7 heteroatoms. The van der Waals surface area contributed by atoms with Crippen LogP contribution in [0.2, 0.25) is 0 Å². The summed E-state index contributed by atoms with van der Waals surface area (Å²) >= 11 is 0. The number of anilines is 3. The Labute approximate surface area is 155 Å². The van der Waals surface area contributed by atoms with Crippen molar-refractivity contribution in [1.82, 2.24) is 9.97 Å². The number of aryl methyl sites for hydroxylation is 3. The molecule has 0 aliphatic heterocycles. The second kappa shape index (κ2) is 7.49. The molecule has 138 valence electrons. The van der Waals surface area contributed by atoms with E-state index in [-0.39, 0.29) is 17.3 Å². The zero-order valence-corrected chi connectivity index (χ0v) is 15.1. The lowest BCUT2D eigenvalue weighted by molar-refractivity contribution is 0.102. The third-order valence-corrected chi connectivity index (χ3v) is 3.93. The van der Waals surface area contributed by atoms with Gasteiger partial charge >= 0.3 is 0 Å². The first-order valence-corrected chi connectivity index (χ1v) is 8.29. The number of carbonyl (C=O) groups excluding carboxylic acids is 1. The van der Waals surface area contributed by atoms with E-state index in [2.05, 4.69) is 20.6 Å². The minimum atomic E-state index is -0.776. The lowest BCUT2D eigenvalue weighted by Crippen LogP contribution is -2.16. The molecular weight excluding hydrogens is 350 g/mol. The third-order valence-electron chi connectivity index (χ3n) is 3.93. The zero-order chi connectivity index (χ0) is 19.6. The molecule has 5 nitrogen and oxygen atoms in total. The van der Waals surface area contributed by atoms with Crippen molar-refractivity contribution in [2.24, 2.45) is 0 Å². The Morgan fingerprint density at radius 2 is 1.67 bits per heavy atom. The fourth-order valence-electron chi connectivity index (χ4n) is 2.53. The molecule has 0 aliphatic rings. The Morgan fingerprint density at radius 3 is 2.37 bits per heavy atom. The minimum absolute atomic E-state index is 0.0647. The molecule has 0 saturated carbocycles.